The van der Waals surface area contributed by atoms with Crippen molar-refractivity contribution in [2.45, 2.75) is 31.5 Å². The first-order valence-electron chi connectivity index (χ1n) is 14.4. The van der Waals surface area contributed by atoms with Crippen LogP contribution in [0.5, 0.6) is 11.5 Å². The molecule has 47 heavy (non-hydrogen) atoms. The molecule has 2 unspecified atom stereocenters. The van der Waals surface area contributed by atoms with Crippen LogP contribution in [0.25, 0.3) is 0 Å². The number of halogens is 4. The molecule has 0 spiro atoms. The zero-order chi connectivity index (χ0) is 35.0. The predicted molar refractivity (Wildman–Crippen MR) is 205 cm³/mol. The number of ether oxygens (including phenoxy) is 6. The summed E-state index contributed by atoms with van der Waals surface area (Å²) in [6.45, 7) is 12.9. The number of carbonyl (C=O) groups excluding carboxylic acids is 2. The molecule has 0 aliphatic heterocycles. The third-order valence-corrected chi connectivity index (χ3v) is 10.1. The van der Waals surface area contributed by atoms with Gasteiger partial charge in [-0.05, 0) is 112 Å². The molecule has 2 rings (SSSR count). The van der Waals surface area contributed by atoms with Crippen LogP contribution < -0.4 is 9.47 Å². The number of benzene rings is 2. The van der Waals surface area contributed by atoms with Crippen LogP contribution in [-0.2, 0) is 34.0 Å². The van der Waals surface area contributed by atoms with E-state index in [4.69, 9.17) is 28.4 Å². The molecule has 0 aliphatic carbocycles. The zero-order valence-electron chi connectivity index (χ0n) is 26.8. The van der Waals surface area contributed by atoms with Crippen molar-refractivity contribution >= 4 is 99.2 Å². The van der Waals surface area contributed by atoms with Gasteiger partial charge in [0.2, 0.25) is 0 Å². The molecule has 0 N–H and O–H groups in total. The summed E-state index contributed by atoms with van der Waals surface area (Å²) in [5.74, 6) is 1.74. The van der Waals surface area contributed by atoms with Crippen LogP contribution in [0.15, 0.2) is 67.5 Å². The van der Waals surface area contributed by atoms with Crippen molar-refractivity contribution in [2.24, 2.45) is 0 Å². The Bertz CT molecular complexity index is 1210. The van der Waals surface area contributed by atoms with Crippen LogP contribution in [0.1, 0.15) is 25.0 Å². The molecular weight excluding hydrogens is 908 g/mol. The maximum absolute atomic E-state index is 11.9. The zero-order valence-corrected chi connectivity index (χ0v) is 34.8. The molecule has 0 fully saturated rings. The maximum Gasteiger partial charge on any atom is 0.330 e. The minimum atomic E-state index is -0.607. The van der Waals surface area contributed by atoms with Gasteiger partial charge >= 0.3 is 11.9 Å². The highest BCUT2D eigenvalue weighted by Crippen LogP contribution is 2.44. The molecule has 0 saturated carbocycles. The summed E-state index contributed by atoms with van der Waals surface area (Å²) >= 11 is 18.0. The number of hydrogen-bond acceptors (Lipinski definition) is 10. The lowest BCUT2D eigenvalue weighted by atomic mass is 9.78. The Labute approximate surface area is 319 Å². The largest absolute Gasteiger partial charge is 0.487 e. The van der Waals surface area contributed by atoms with E-state index in [9.17, 15) is 9.59 Å². The molecule has 2 aromatic carbocycles. The van der Waals surface area contributed by atoms with Gasteiger partial charge in [0.15, 0.2) is 12.2 Å². The standard InChI is InChI=1S/C33H40Br4O8S2/c1-7-29(38)44-23(17-40-9-11-46-5)19-42-31-25(34)13-21(14-26(31)35)33(3,4)22-15-27(36)32(28(37)16-22)43-20-24(45-30(39)8-2)18-41-10-12-47-6/h7-8,13-16,23-24H,1-2,9-12,17-20H2,3-6H3. The fraction of sp³-hybridized carbons (Fsp3) is 0.455. The maximum atomic E-state index is 11.9. The van der Waals surface area contributed by atoms with Crippen LogP contribution in [0.2, 0.25) is 0 Å². The second-order valence-corrected chi connectivity index (χ2v) is 15.8. The summed E-state index contributed by atoms with van der Waals surface area (Å²) in [5, 5.41) is 0. The van der Waals surface area contributed by atoms with Gasteiger partial charge in [-0.3, -0.25) is 0 Å². The van der Waals surface area contributed by atoms with Crippen molar-refractivity contribution in [1.29, 1.82) is 0 Å². The van der Waals surface area contributed by atoms with Crippen molar-refractivity contribution in [2.75, 3.05) is 63.7 Å². The summed E-state index contributed by atoms with van der Waals surface area (Å²) < 4.78 is 37.3. The Morgan fingerprint density at radius 3 is 1.34 bits per heavy atom. The second-order valence-electron chi connectivity index (χ2n) is 10.4. The highest BCUT2D eigenvalue weighted by atomic mass is 79.9. The Hall–Kier alpha value is -1.00. The van der Waals surface area contributed by atoms with Gasteiger partial charge in [0.1, 0.15) is 24.7 Å². The molecular formula is C33H40Br4O8S2. The van der Waals surface area contributed by atoms with E-state index in [1.54, 1.807) is 23.5 Å². The number of carbonyl (C=O) groups is 2. The van der Waals surface area contributed by atoms with Gasteiger partial charge < -0.3 is 28.4 Å². The van der Waals surface area contributed by atoms with Gasteiger partial charge in [-0.1, -0.05) is 27.0 Å². The van der Waals surface area contributed by atoms with E-state index in [0.717, 1.165) is 52.7 Å². The fourth-order valence-electron chi connectivity index (χ4n) is 4.01. The highest BCUT2D eigenvalue weighted by Gasteiger charge is 2.28. The average Bonchev–Trinajstić information content (AvgIpc) is 3.03. The van der Waals surface area contributed by atoms with E-state index < -0.39 is 29.6 Å². The van der Waals surface area contributed by atoms with Crippen LogP contribution in [0.3, 0.4) is 0 Å². The Balaban J connectivity index is 2.22. The summed E-state index contributed by atoms with van der Waals surface area (Å²) in [6.07, 6.45) is 5.02. The smallest absolute Gasteiger partial charge is 0.330 e. The Kier molecular flexibility index (Phi) is 19.7. The van der Waals surface area contributed by atoms with Gasteiger partial charge in [-0.15, -0.1) is 0 Å². The molecule has 2 atom stereocenters. The summed E-state index contributed by atoms with van der Waals surface area (Å²) in [5.41, 5.74) is 1.56. The van der Waals surface area contributed by atoms with E-state index in [0.29, 0.717) is 24.7 Å². The number of thioether (sulfide) groups is 2. The minimum Gasteiger partial charge on any atom is -0.487 e. The molecule has 0 amide bonds. The molecule has 0 aromatic heterocycles. The van der Waals surface area contributed by atoms with Crippen LogP contribution in [-0.4, -0.2) is 87.8 Å². The first kappa shape index (κ1) is 42.2. The monoisotopic (exact) mass is 944 g/mol. The molecule has 0 aliphatic rings. The van der Waals surface area contributed by atoms with Crippen molar-refractivity contribution in [3.05, 3.63) is 78.6 Å². The third kappa shape index (κ3) is 14.0. The Morgan fingerprint density at radius 1 is 0.702 bits per heavy atom. The third-order valence-electron chi connectivity index (χ3n) is 6.64. The molecule has 14 heteroatoms. The lowest BCUT2D eigenvalue weighted by Gasteiger charge is -2.29. The lowest BCUT2D eigenvalue weighted by Crippen LogP contribution is -2.30. The summed E-state index contributed by atoms with van der Waals surface area (Å²) in [4.78, 5) is 23.7. The van der Waals surface area contributed by atoms with Crippen LogP contribution >= 0.6 is 87.2 Å². The van der Waals surface area contributed by atoms with Gasteiger partial charge in [0.25, 0.3) is 0 Å². The molecule has 0 saturated heterocycles. The number of hydrogen-bond donors (Lipinski definition) is 0. The summed E-state index contributed by atoms with van der Waals surface area (Å²) in [7, 11) is 0. The van der Waals surface area contributed by atoms with Crippen molar-refractivity contribution in [3.63, 3.8) is 0 Å². The van der Waals surface area contributed by atoms with E-state index >= 15 is 0 Å². The average molecular weight is 948 g/mol. The minimum absolute atomic E-state index is 0.0950. The first-order valence-corrected chi connectivity index (χ1v) is 20.4. The fourth-order valence-corrected chi connectivity index (χ4v) is 7.41. The van der Waals surface area contributed by atoms with Crippen LogP contribution in [0.4, 0.5) is 0 Å². The van der Waals surface area contributed by atoms with E-state index in [2.05, 4.69) is 90.7 Å². The van der Waals surface area contributed by atoms with Gasteiger partial charge in [-0.25, -0.2) is 9.59 Å². The quantitative estimate of drug-likeness (QED) is 0.0649. The molecule has 260 valence electrons. The highest BCUT2D eigenvalue weighted by molar-refractivity contribution is 9.11. The SMILES string of the molecule is C=CC(=O)OC(COCCSC)COc1c(Br)cc(C(C)(C)c2cc(Br)c(OCC(COCCSC)OC(=O)C=C)c(Br)c2)cc1Br. The molecule has 8 nitrogen and oxygen atoms in total. The van der Waals surface area contributed by atoms with Crippen molar-refractivity contribution < 1.29 is 38.0 Å². The van der Waals surface area contributed by atoms with E-state index in [-0.39, 0.29) is 26.4 Å². The number of esters is 2. The van der Waals surface area contributed by atoms with Crippen molar-refractivity contribution in [3.8, 4) is 11.5 Å². The summed E-state index contributed by atoms with van der Waals surface area (Å²) in [6, 6.07) is 8.01. The normalized spacial score (nSPS) is 12.6. The van der Waals surface area contributed by atoms with E-state index in [1.165, 1.54) is 0 Å². The first-order chi connectivity index (χ1) is 22.4. The Morgan fingerprint density at radius 2 is 1.04 bits per heavy atom. The van der Waals surface area contributed by atoms with Gasteiger partial charge in [0, 0.05) is 29.1 Å². The molecule has 0 radical (unpaired) electrons. The van der Waals surface area contributed by atoms with Crippen LogP contribution in [0, 0.1) is 0 Å². The van der Waals surface area contributed by atoms with E-state index in [1.807, 2.05) is 36.8 Å². The molecule has 0 heterocycles. The topological polar surface area (TPSA) is 89.5 Å². The predicted octanol–water partition coefficient (Wildman–Crippen LogP) is 8.77. The van der Waals surface area contributed by atoms with Gasteiger partial charge in [-0.2, -0.15) is 23.5 Å². The lowest BCUT2D eigenvalue weighted by molar-refractivity contribution is -0.148. The van der Waals surface area contributed by atoms with Crippen molar-refractivity contribution in [1.82, 2.24) is 0 Å². The van der Waals surface area contributed by atoms with Gasteiger partial charge in [0.05, 0.1) is 44.3 Å². The second kappa shape index (κ2) is 22.0. The molecule has 0 bridgehead atoms. The number of rotatable bonds is 22. The molecule has 2 aromatic rings.